The van der Waals surface area contributed by atoms with Gasteiger partial charge in [-0.05, 0) is 18.4 Å². The molecular formula is C9H9ClO2S. The number of hydrogen-bond acceptors (Lipinski definition) is 3. The number of methoxy groups -OCH3 is 1. The van der Waals surface area contributed by atoms with Crippen molar-refractivity contribution in [3.05, 3.63) is 22.7 Å². The van der Waals surface area contributed by atoms with E-state index in [2.05, 4.69) is 0 Å². The smallest absolute Gasteiger partial charge is 0.153 e. The van der Waals surface area contributed by atoms with E-state index in [1.54, 1.807) is 12.1 Å². The van der Waals surface area contributed by atoms with E-state index in [-0.39, 0.29) is 0 Å². The van der Waals surface area contributed by atoms with Gasteiger partial charge >= 0.3 is 0 Å². The van der Waals surface area contributed by atoms with Gasteiger partial charge < -0.3 is 4.74 Å². The van der Waals surface area contributed by atoms with E-state index >= 15 is 0 Å². The van der Waals surface area contributed by atoms with E-state index in [9.17, 15) is 4.79 Å². The molecule has 0 aliphatic heterocycles. The third-order valence-electron chi connectivity index (χ3n) is 1.63. The fraction of sp³-hybridized carbons (Fsp3) is 0.222. The Morgan fingerprint density at radius 1 is 1.54 bits per heavy atom. The Morgan fingerprint density at radius 2 is 2.23 bits per heavy atom. The van der Waals surface area contributed by atoms with Gasteiger partial charge in [0.25, 0.3) is 0 Å². The van der Waals surface area contributed by atoms with Crippen molar-refractivity contribution in [2.45, 2.75) is 4.90 Å². The second-order valence-corrected chi connectivity index (χ2v) is 3.54. The number of carbonyl (C=O) groups is 1. The standard InChI is InChI=1S/C9H9ClO2S/c1-12-8-6(5-11)3-4-7(10)9(8)13-2/h3-5H,1-2H3. The summed E-state index contributed by atoms with van der Waals surface area (Å²) in [6, 6.07) is 3.34. The van der Waals surface area contributed by atoms with Crippen LogP contribution in [0.5, 0.6) is 5.75 Å². The minimum Gasteiger partial charge on any atom is -0.495 e. The molecular weight excluding hydrogens is 208 g/mol. The summed E-state index contributed by atoms with van der Waals surface area (Å²) in [4.78, 5) is 11.4. The van der Waals surface area contributed by atoms with Crippen LogP contribution in [0.3, 0.4) is 0 Å². The number of aldehydes is 1. The molecule has 0 saturated heterocycles. The van der Waals surface area contributed by atoms with Crippen LogP contribution in [0.1, 0.15) is 10.4 Å². The van der Waals surface area contributed by atoms with Crippen molar-refractivity contribution in [2.75, 3.05) is 13.4 Å². The number of carbonyl (C=O) groups excluding carboxylic acids is 1. The minimum absolute atomic E-state index is 0.524. The fourth-order valence-electron chi connectivity index (χ4n) is 1.05. The van der Waals surface area contributed by atoms with E-state index in [1.807, 2.05) is 6.26 Å². The molecule has 1 aromatic carbocycles. The molecule has 0 radical (unpaired) electrons. The molecule has 0 N–H and O–H groups in total. The topological polar surface area (TPSA) is 26.3 Å². The summed E-state index contributed by atoms with van der Waals surface area (Å²) < 4.78 is 5.10. The average Bonchev–Trinajstić information content (AvgIpc) is 2.17. The quantitative estimate of drug-likeness (QED) is 0.574. The van der Waals surface area contributed by atoms with Crippen molar-refractivity contribution in [2.24, 2.45) is 0 Å². The summed E-state index contributed by atoms with van der Waals surface area (Å²) in [5, 5.41) is 0.606. The van der Waals surface area contributed by atoms with Crippen molar-refractivity contribution in [3.63, 3.8) is 0 Å². The minimum atomic E-state index is 0.524. The highest BCUT2D eigenvalue weighted by Gasteiger charge is 2.11. The number of hydrogen-bond donors (Lipinski definition) is 0. The zero-order valence-electron chi connectivity index (χ0n) is 7.33. The molecule has 4 heteroatoms. The van der Waals surface area contributed by atoms with E-state index < -0.39 is 0 Å². The predicted octanol–water partition coefficient (Wildman–Crippen LogP) is 2.88. The molecule has 0 aliphatic rings. The number of benzene rings is 1. The van der Waals surface area contributed by atoms with Crippen LogP contribution in [-0.2, 0) is 0 Å². The average molecular weight is 217 g/mol. The molecule has 0 saturated carbocycles. The number of halogens is 1. The van der Waals surface area contributed by atoms with Crippen molar-refractivity contribution in [1.82, 2.24) is 0 Å². The molecule has 0 unspecified atom stereocenters. The molecule has 13 heavy (non-hydrogen) atoms. The maximum absolute atomic E-state index is 10.6. The van der Waals surface area contributed by atoms with Crippen LogP contribution in [0, 0.1) is 0 Å². The van der Waals surface area contributed by atoms with Crippen LogP contribution in [0.25, 0.3) is 0 Å². The lowest BCUT2D eigenvalue weighted by Gasteiger charge is -2.09. The predicted molar refractivity (Wildman–Crippen MR) is 55.2 cm³/mol. The van der Waals surface area contributed by atoms with E-state index in [4.69, 9.17) is 16.3 Å². The van der Waals surface area contributed by atoms with Crippen LogP contribution in [-0.4, -0.2) is 19.7 Å². The molecule has 1 aromatic rings. The van der Waals surface area contributed by atoms with Crippen LogP contribution < -0.4 is 4.74 Å². The summed E-state index contributed by atoms with van der Waals surface area (Å²) >= 11 is 7.38. The first kappa shape index (κ1) is 10.4. The first-order valence-electron chi connectivity index (χ1n) is 3.60. The van der Waals surface area contributed by atoms with Crippen LogP contribution in [0.15, 0.2) is 17.0 Å². The molecule has 0 bridgehead atoms. The second kappa shape index (κ2) is 4.53. The SMILES string of the molecule is COc1c(C=O)ccc(Cl)c1SC. The summed E-state index contributed by atoms with van der Waals surface area (Å²) in [5.74, 6) is 0.551. The molecule has 1 rings (SSSR count). The van der Waals surface area contributed by atoms with Gasteiger partial charge in [0.1, 0.15) is 5.75 Å². The van der Waals surface area contributed by atoms with Crippen LogP contribution in [0.4, 0.5) is 0 Å². The molecule has 0 spiro atoms. The van der Waals surface area contributed by atoms with Gasteiger partial charge in [-0.25, -0.2) is 0 Å². The molecule has 0 amide bonds. The van der Waals surface area contributed by atoms with Crippen LogP contribution >= 0.6 is 23.4 Å². The van der Waals surface area contributed by atoms with Gasteiger partial charge in [0.2, 0.25) is 0 Å². The Morgan fingerprint density at radius 3 is 2.69 bits per heavy atom. The lowest BCUT2D eigenvalue weighted by atomic mass is 10.2. The highest BCUT2D eigenvalue weighted by Crippen LogP contribution is 2.36. The lowest BCUT2D eigenvalue weighted by Crippen LogP contribution is -1.93. The molecule has 0 heterocycles. The summed E-state index contributed by atoms with van der Waals surface area (Å²) in [5.41, 5.74) is 0.524. The van der Waals surface area contributed by atoms with Gasteiger partial charge in [-0.2, -0.15) is 0 Å². The normalized spacial score (nSPS) is 9.77. The van der Waals surface area contributed by atoms with Gasteiger partial charge in [0.15, 0.2) is 6.29 Å². The summed E-state index contributed by atoms with van der Waals surface area (Å²) in [6.45, 7) is 0. The number of thioether (sulfide) groups is 1. The highest BCUT2D eigenvalue weighted by atomic mass is 35.5. The van der Waals surface area contributed by atoms with Crippen molar-refractivity contribution in [1.29, 1.82) is 0 Å². The van der Waals surface area contributed by atoms with E-state index in [1.165, 1.54) is 18.9 Å². The van der Waals surface area contributed by atoms with E-state index in [0.29, 0.717) is 16.3 Å². The highest BCUT2D eigenvalue weighted by molar-refractivity contribution is 7.98. The fourth-order valence-corrected chi connectivity index (χ4v) is 2.08. The summed E-state index contributed by atoms with van der Waals surface area (Å²) in [6.07, 6.45) is 2.65. The molecule has 0 fully saturated rings. The maximum atomic E-state index is 10.6. The lowest BCUT2D eigenvalue weighted by molar-refractivity contribution is 0.112. The Hall–Kier alpha value is -0.670. The monoisotopic (exact) mass is 216 g/mol. The third kappa shape index (κ3) is 1.98. The molecule has 70 valence electrons. The first-order valence-corrected chi connectivity index (χ1v) is 5.20. The molecule has 0 aromatic heterocycles. The Bertz CT molecular complexity index is 326. The molecule has 2 nitrogen and oxygen atoms in total. The Labute approximate surface area is 86.2 Å². The van der Waals surface area contributed by atoms with Crippen molar-refractivity contribution in [3.8, 4) is 5.75 Å². The van der Waals surface area contributed by atoms with Gasteiger partial charge in [0.05, 0.1) is 22.6 Å². The van der Waals surface area contributed by atoms with Crippen molar-refractivity contribution < 1.29 is 9.53 Å². The first-order chi connectivity index (χ1) is 6.24. The number of ether oxygens (including phenoxy) is 1. The van der Waals surface area contributed by atoms with Gasteiger partial charge in [-0.1, -0.05) is 11.6 Å². The van der Waals surface area contributed by atoms with E-state index in [0.717, 1.165) is 11.2 Å². The Kier molecular flexibility index (Phi) is 3.63. The third-order valence-corrected chi connectivity index (χ3v) is 2.87. The maximum Gasteiger partial charge on any atom is 0.153 e. The molecule has 0 aliphatic carbocycles. The van der Waals surface area contributed by atoms with Crippen molar-refractivity contribution >= 4 is 29.6 Å². The van der Waals surface area contributed by atoms with Crippen LogP contribution in [0.2, 0.25) is 5.02 Å². The van der Waals surface area contributed by atoms with Gasteiger partial charge in [-0.15, -0.1) is 11.8 Å². The Balaban J connectivity index is 3.35. The van der Waals surface area contributed by atoms with Gasteiger partial charge in [-0.3, -0.25) is 4.79 Å². The zero-order valence-corrected chi connectivity index (χ0v) is 8.91. The number of rotatable bonds is 3. The largest absolute Gasteiger partial charge is 0.495 e. The summed E-state index contributed by atoms with van der Waals surface area (Å²) in [7, 11) is 1.53. The molecule has 0 atom stereocenters. The second-order valence-electron chi connectivity index (χ2n) is 2.32. The zero-order chi connectivity index (χ0) is 9.84. The van der Waals surface area contributed by atoms with Gasteiger partial charge in [0, 0.05) is 0 Å².